The normalized spacial score (nSPS) is 10.7. The summed E-state index contributed by atoms with van der Waals surface area (Å²) in [6.07, 6.45) is 1.28. The molecule has 6 nitrogen and oxygen atoms in total. The monoisotopic (exact) mass is 287 g/mol. The molecule has 1 aromatic carbocycles. The summed E-state index contributed by atoms with van der Waals surface area (Å²) < 4.78 is 0. The van der Waals surface area contributed by atoms with Gasteiger partial charge in [0.15, 0.2) is 0 Å². The second-order valence-electron chi connectivity index (χ2n) is 4.21. The predicted molar refractivity (Wildman–Crippen MR) is 77.7 cm³/mol. The lowest BCUT2D eigenvalue weighted by molar-refractivity contribution is 0.102. The zero-order chi connectivity index (χ0) is 14.1. The molecule has 0 spiro atoms. The van der Waals surface area contributed by atoms with Crippen molar-refractivity contribution < 1.29 is 4.79 Å². The molecule has 0 atom stereocenters. The highest BCUT2D eigenvalue weighted by atomic mass is 35.5. The molecular weight excluding hydrogens is 278 g/mol. The summed E-state index contributed by atoms with van der Waals surface area (Å²) in [5.41, 5.74) is 7.60. The van der Waals surface area contributed by atoms with Gasteiger partial charge in [0.1, 0.15) is 23.0 Å². The van der Waals surface area contributed by atoms with E-state index in [9.17, 15) is 4.79 Å². The number of hydrogen-bond donors (Lipinski definition) is 3. The van der Waals surface area contributed by atoms with Crippen molar-refractivity contribution in [2.24, 2.45) is 0 Å². The SMILES string of the molecule is Nc1ccc2[nH]c(C(=O)Nc3cc(Cl)ncn3)cc2c1. The van der Waals surface area contributed by atoms with Gasteiger partial charge in [0.25, 0.3) is 5.91 Å². The van der Waals surface area contributed by atoms with E-state index in [1.165, 1.54) is 12.4 Å². The first-order valence-electron chi connectivity index (χ1n) is 5.79. The van der Waals surface area contributed by atoms with Gasteiger partial charge in [-0.15, -0.1) is 0 Å². The number of carbonyl (C=O) groups is 1. The van der Waals surface area contributed by atoms with E-state index in [0.29, 0.717) is 17.2 Å². The van der Waals surface area contributed by atoms with Crippen molar-refractivity contribution in [2.45, 2.75) is 0 Å². The van der Waals surface area contributed by atoms with Gasteiger partial charge in [-0.1, -0.05) is 11.6 Å². The summed E-state index contributed by atoms with van der Waals surface area (Å²) in [5, 5.41) is 3.77. The van der Waals surface area contributed by atoms with E-state index in [-0.39, 0.29) is 11.1 Å². The van der Waals surface area contributed by atoms with E-state index in [0.717, 1.165) is 10.9 Å². The van der Waals surface area contributed by atoms with Gasteiger partial charge in [0.2, 0.25) is 0 Å². The number of nitrogen functional groups attached to an aromatic ring is 1. The van der Waals surface area contributed by atoms with E-state index in [1.54, 1.807) is 18.2 Å². The van der Waals surface area contributed by atoms with Crippen LogP contribution in [0.1, 0.15) is 10.5 Å². The molecule has 4 N–H and O–H groups in total. The van der Waals surface area contributed by atoms with Gasteiger partial charge in [-0.05, 0) is 24.3 Å². The maximum Gasteiger partial charge on any atom is 0.273 e. The number of nitrogens with one attached hydrogen (secondary N) is 2. The first-order chi connectivity index (χ1) is 9.61. The first-order valence-corrected chi connectivity index (χ1v) is 6.17. The number of nitrogens with zero attached hydrogens (tertiary/aromatic N) is 2. The summed E-state index contributed by atoms with van der Waals surface area (Å²) in [6, 6.07) is 8.59. The molecule has 2 heterocycles. The third-order valence-electron chi connectivity index (χ3n) is 2.76. The van der Waals surface area contributed by atoms with E-state index < -0.39 is 0 Å². The number of H-pyrrole nitrogens is 1. The number of halogens is 1. The standard InChI is InChI=1S/C13H10ClN5O/c14-11-5-12(17-6-16-11)19-13(20)10-4-7-3-8(15)1-2-9(7)18-10/h1-6,18H,15H2,(H,16,17,19,20). The minimum absolute atomic E-state index is 0.264. The molecule has 0 aliphatic heterocycles. The highest BCUT2D eigenvalue weighted by Crippen LogP contribution is 2.19. The van der Waals surface area contributed by atoms with Crippen LogP contribution in [0.5, 0.6) is 0 Å². The molecular formula is C13H10ClN5O. The number of benzene rings is 1. The van der Waals surface area contributed by atoms with E-state index >= 15 is 0 Å². The van der Waals surface area contributed by atoms with Crippen LogP contribution in [0.25, 0.3) is 10.9 Å². The molecule has 3 rings (SSSR count). The quantitative estimate of drug-likeness (QED) is 0.498. The Hall–Kier alpha value is -2.60. The number of carbonyl (C=O) groups excluding carboxylic acids is 1. The third-order valence-corrected chi connectivity index (χ3v) is 2.97. The molecule has 100 valence electrons. The van der Waals surface area contributed by atoms with Crippen LogP contribution < -0.4 is 11.1 Å². The zero-order valence-corrected chi connectivity index (χ0v) is 11.0. The van der Waals surface area contributed by atoms with Crippen LogP contribution in [0, 0.1) is 0 Å². The second-order valence-corrected chi connectivity index (χ2v) is 4.60. The van der Waals surface area contributed by atoms with E-state index in [1.807, 2.05) is 6.07 Å². The van der Waals surface area contributed by atoms with Crippen molar-refractivity contribution in [1.82, 2.24) is 15.0 Å². The number of anilines is 2. The van der Waals surface area contributed by atoms with Crippen LogP contribution in [0.3, 0.4) is 0 Å². The van der Waals surface area contributed by atoms with Gasteiger partial charge in [-0.25, -0.2) is 9.97 Å². The predicted octanol–water partition coefficient (Wildman–Crippen LogP) is 2.45. The molecule has 1 amide bonds. The van der Waals surface area contributed by atoms with Crippen LogP contribution in [0.2, 0.25) is 5.15 Å². The Balaban J connectivity index is 1.88. The van der Waals surface area contributed by atoms with Crippen molar-refractivity contribution in [2.75, 3.05) is 11.1 Å². The van der Waals surface area contributed by atoms with Crippen molar-refractivity contribution in [1.29, 1.82) is 0 Å². The Morgan fingerprint density at radius 1 is 1.25 bits per heavy atom. The second kappa shape index (κ2) is 4.82. The number of amides is 1. The molecule has 0 bridgehead atoms. The molecule has 0 unspecified atom stereocenters. The van der Waals surface area contributed by atoms with Crippen LogP contribution in [-0.4, -0.2) is 20.9 Å². The maximum absolute atomic E-state index is 12.1. The summed E-state index contributed by atoms with van der Waals surface area (Å²) in [6.45, 7) is 0. The van der Waals surface area contributed by atoms with E-state index in [2.05, 4.69) is 20.3 Å². The van der Waals surface area contributed by atoms with Gasteiger partial charge in [-0.3, -0.25) is 4.79 Å². The third kappa shape index (κ3) is 2.41. The summed E-state index contributed by atoms with van der Waals surface area (Å²) in [5.74, 6) is 0.0303. The Morgan fingerprint density at radius 3 is 2.90 bits per heavy atom. The molecule has 0 aliphatic carbocycles. The first kappa shape index (κ1) is 12.4. The summed E-state index contributed by atoms with van der Waals surface area (Å²) in [4.78, 5) is 22.8. The molecule has 0 saturated heterocycles. The van der Waals surface area contributed by atoms with Crippen LogP contribution in [0.15, 0.2) is 36.7 Å². The highest BCUT2D eigenvalue weighted by molar-refractivity contribution is 6.29. The molecule has 2 aromatic heterocycles. The Kier molecular flexibility index (Phi) is 3.00. The molecule has 0 saturated carbocycles. The molecule has 0 radical (unpaired) electrons. The van der Waals surface area contributed by atoms with Crippen molar-refractivity contribution in [3.63, 3.8) is 0 Å². The summed E-state index contributed by atoms with van der Waals surface area (Å²) in [7, 11) is 0. The fourth-order valence-corrected chi connectivity index (χ4v) is 2.01. The zero-order valence-electron chi connectivity index (χ0n) is 10.2. The lowest BCUT2D eigenvalue weighted by Crippen LogP contribution is -2.13. The topological polar surface area (TPSA) is 96.7 Å². The average Bonchev–Trinajstić information content (AvgIpc) is 2.81. The van der Waals surface area contributed by atoms with Gasteiger partial charge < -0.3 is 16.0 Å². The molecule has 7 heteroatoms. The van der Waals surface area contributed by atoms with Crippen molar-refractivity contribution >= 4 is 39.9 Å². The molecule has 20 heavy (non-hydrogen) atoms. The van der Waals surface area contributed by atoms with Crippen LogP contribution in [-0.2, 0) is 0 Å². The van der Waals surface area contributed by atoms with Gasteiger partial charge in [0.05, 0.1) is 0 Å². The number of nitrogens with two attached hydrogens (primary N) is 1. The van der Waals surface area contributed by atoms with Gasteiger partial charge >= 0.3 is 0 Å². The lowest BCUT2D eigenvalue weighted by Gasteiger charge is -2.01. The fraction of sp³-hybridized carbons (Fsp3) is 0. The van der Waals surface area contributed by atoms with Crippen LogP contribution >= 0.6 is 11.6 Å². The largest absolute Gasteiger partial charge is 0.399 e. The van der Waals surface area contributed by atoms with Crippen LogP contribution in [0.4, 0.5) is 11.5 Å². The number of fused-ring (bicyclic) bond motifs is 1. The van der Waals surface area contributed by atoms with E-state index in [4.69, 9.17) is 17.3 Å². The fourth-order valence-electron chi connectivity index (χ4n) is 1.86. The average molecular weight is 288 g/mol. The number of rotatable bonds is 2. The lowest BCUT2D eigenvalue weighted by atomic mass is 10.2. The van der Waals surface area contributed by atoms with Crippen molar-refractivity contribution in [3.8, 4) is 0 Å². The molecule has 0 aliphatic rings. The Labute approximate surface area is 119 Å². The van der Waals surface area contributed by atoms with Crippen molar-refractivity contribution in [3.05, 3.63) is 47.5 Å². The molecule has 3 aromatic rings. The van der Waals surface area contributed by atoms with Gasteiger partial charge in [-0.2, -0.15) is 0 Å². The number of aromatic nitrogens is 3. The van der Waals surface area contributed by atoms with Gasteiger partial charge in [0, 0.05) is 22.7 Å². The minimum Gasteiger partial charge on any atom is -0.399 e. The smallest absolute Gasteiger partial charge is 0.273 e. The number of aromatic amines is 1. The Morgan fingerprint density at radius 2 is 2.10 bits per heavy atom. The summed E-state index contributed by atoms with van der Waals surface area (Å²) >= 11 is 5.73. The highest BCUT2D eigenvalue weighted by Gasteiger charge is 2.10. The molecule has 0 fully saturated rings. The minimum atomic E-state index is -0.311. The maximum atomic E-state index is 12.1. The number of hydrogen-bond acceptors (Lipinski definition) is 4. The Bertz CT molecular complexity index is 798.